The Kier molecular flexibility index (Phi) is 6.38. The van der Waals surface area contributed by atoms with E-state index in [1.165, 1.54) is 18.2 Å². The van der Waals surface area contributed by atoms with Crippen LogP contribution in [0.1, 0.15) is 34.1 Å². The molecule has 0 saturated heterocycles. The summed E-state index contributed by atoms with van der Waals surface area (Å²) in [5.74, 6) is -1.75. The third-order valence-corrected chi connectivity index (χ3v) is 2.53. The topological polar surface area (TPSA) is 52.6 Å². The van der Waals surface area contributed by atoms with Crippen molar-refractivity contribution < 1.29 is 27.8 Å². The van der Waals surface area contributed by atoms with Gasteiger partial charge in [0.2, 0.25) is 0 Å². The van der Waals surface area contributed by atoms with Gasteiger partial charge in [-0.1, -0.05) is 6.07 Å². The van der Waals surface area contributed by atoms with Crippen LogP contribution in [0.15, 0.2) is 18.2 Å². The highest BCUT2D eigenvalue weighted by molar-refractivity contribution is 6.19. The molecule has 7 heteroatoms. The molecule has 110 valence electrons. The molecule has 0 amide bonds. The molecule has 0 heterocycles. The zero-order valence-corrected chi connectivity index (χ0v) is 11.5. The molecule has 0 radical (unpaired) electrons. The maximum atomic E-state index is 12.5. The van der Waals surface area contributed by atoms with Crippen LogP contribution in [0.3, 0.4) is 0 Å². The van der Waals surface area contributed by atoms with Crippen molar-refractivity contribution in [2.75, 3.05) is 12.5 Å². The molecular formula is C13H13ClF2O4. The van der Waals surface area contributed by atoms with E-state index in [9.17, 15) is 18.4 Å². The minimum absolute atomic E-state index is 0.0383. The van der Waals surface area contributed by atoms with Gasteiger partial charge in [-0.25, -0.2) is 4.79 Å². The number of benzene rings is 1. The van der Waals surface area contributed by atoms with E-state index in [4.69, 9.17) is 16.3 Å². The van der Waals surface area contributed by atoms with Gasteiger partial charge in [0.05, 0.1) is 12.2 Å². The molecule has 0 bridgehead atoms. The Morgan fingerprint density at radius 3 is 2.50 bits per heavy atom. The molecule has 0 atom stereocenters. The highest BCUT2D eigenvalue weighted by Gasteiger charge is 2.23. The van der Waals surface area contributed by atoms with Gasteiger partial charge in [-0.05, 0) is 19.1 Å². The van der Waals surface area contributed by atoms with Crippen LogP contribution in [0, 0.1) is 0 Å². The third-order valence-electron chi connectivity index (χ3n) is 2.34. The van der Waals surface area contributed by atoms with Crippen LogP contribution in [-0.2, 0) is 4.74 Å². The zero-order valence-electron chi connectivity index (χ0n) is 10.7. The van der Waals surface area contributed by atoms with E-state index in [2.05, 4.69) is 4.74 Å². The summed E-state index contributed by atoms with van der Waals surface area (Å²) >= 11 is 5.45. The van der Waals surface area contributed by atoms with E-state index in [1.54, 1.807) is 6.92 Å². The Bertz CT molecular complexity index is 455. The highest BCUT2D eigenvalue weighted by Crippen LogP contribution is 2.28. The molecular weight excluding hydrogens is 294 g/mol. The molecule has 1 rings (SSSR count). The van der Waals surface area contributed by atoms with Gasteiger partial charge in [-0.3, -0.25) is 4.79 Å². The largest absolute Gasteiger partial charge is 0.462 e. The lowest BCUT2D eigenvalue weighted by atomic mass is 10.0. The molecule has 0 unspecified atom stereocenters. The van der Waals surface area contributed by atoms with Gasteiger partial charge in [-0.15, -0.1) is 11.6 Å². The molecule has 1 aromatic rings. The van der Waals surface area contributed by atoms with E-state index in [0.29, 0.717) is 0 Å². The Hall–Kier alpha value is -1.69. The van der Waals surface area contributed by atoms with E-state index in [0.717, 1.165) is 0 Å². The summed E-state index contributed by atoms with van der Waals surface area (Å²) in [6.45, 7) is -1.51. The van der Waals surface area contributed by atoms with Gasteiger partial charge in [-0.2, -0.15) is 8.78 Å². The van der Waals surface area contributed by atoms with Gasteiger partial charge in [0.25, 0.3) is 0 Å². The van der Waals surface area contributed by atoms with Gasteiger partial charge in [0.1, 0.15) is 5.56 Å². The Balaban J connectivity index is 3.26. The maximum absolute atomic E-state index is 12.5. The summed E-state index contributed by atoms with van der Waals surface area (Å²) in [4.78, 5) is 23.5. The minimum Gasteiger partial charge on any atom is -0.462 e. The summed E-state index contributed by atoms with van der Waals surface area (Å²) in [5.41, 5.74) is -0.330. The van der Waals surface area contributed by atoms with Crippen LogP contribution >= 0.6 is 11.6 Å². The smallest absolute Gasteiger partial charge is 0.387 e. The molecule has 0 saturated carbocycles. The Morgan fingerprint density at radius 1 is 1.30 bits per heavy atom. The van der Waals surface area contributed by atoms with Crippen molar-refractivity contribution in [1.29, 1.82) is 0 Å². The number of Topliss-reactive ketones (excluding diaryl/α,β-unsaturated/α-hetero) is 1. The van der Waals surface area contributed by atoms with Crippen LogP contribution in [0.2, 0.25) is 0 Å². The normalized spacial score (nSPS) is 10.4. The van der Waals surface area contributed by atoms with Crippen molar-refractivity contribution in [3.05, 3.63) is 29.3 Å². The van der Waals surface area contributed by atoms with Crippen LogP contribution in [0.4, 0.5) is 8.78 Å². The van der Waals surface area contributed by atoms with Crippen LogP contribution in [-0.4, -0.2) is 30.9 Å². The molecule has 0 aliphatic rings. The average molecular weight is 307 g/mol. The van der Waals surface area contributed by atoms with Gasteiger partial charge in [0, 0.05) is 12.3 Å². The van der Waals surface area contributed by atoms with E-state index >= 15 is 0 Å². The number of para-hydroxylation sites is 1. The Labute approximate surface area is 119 Å². The lowest BCUT2D eigenvalue weighted by Crippen LogP contribution is -2.14. The van der Waals surface area contributed by atoms with Crippen LogP contribution in [0.5, 0.6) is 5.75 Å². The fourth-order valence-electron chi connectivity index (χ4n) is 1.56. The quantitative estimate of drug-likeness (QED) is 0.441. The van der Waals surface area contributed by atoms with Crippen LogP contribution < -0.4 is 4.74 Å². The van der Waals surface area contributed by atoms with Crippen molar-refractivity contribution in [3.8, 4) is 5.75 Å². The molecule has 20 heavy (non-hydrogen) atoms. The summed E-state index contributed by atoms with van der Waals surface area (Å²) in [5, 5.41) is 0. The number of halogens is 3. The van der Waals surface area contributed by atoms with Crippen molar-refractivity contribution in [1.82, 2.24) is 0 Å². The number of esters is 1. The van der Waals surface area contributed by atoms with Crippen molar-refractivity contribution in [3.63, 3.8) is 0 Å². The second-order valence-corrected chi connectivity index (χ2v) is 4.02. The first-order chi connectivity index (χ1) is 9.51. The molecule has 0 fully saturated rings. The lowest BCUT2D eigenvalue weighted by molar-refractivity contribution is -0.0507. The second-order valence-electron chi connectivity index (χ2n) is 3.64. The summed E-state index contributed by atoms with van der Waals surface area (Å²) in [6, 6.07) is 3.95. The minimum atomic E-state index is -3.16. The molecule has 4 nitrogen and oxygen atoms in total. The molecule has 1 aromatic carbocycles. The summed E-state index contributed by atoms with van der Waals surface area (Å²) < 4.78 is 34.0. The predicted octanol–water partition coefficient (Wildman–Crippen LogP) is 3.28. The van der Waals surface area contributed by atoms with Crippen LogP contribution in [0.25, 0.3) is 0 Å². The molecule has 0 N–H and O–H groups in total. The van der Waals surface area contributed by atoms with Gasteiger partial charge in [0.15, 0.2) is 11.5 Å². The van der Waals surface area contributed by atoms with Crippen molar-refractivity contribution in [2.24, 2.45) is 0 Å². The van der Waals surface area contributed by atoms with Gasteiger partial charge >= 0.3 is 12.6 Å². The monoisotopic (exact) mass is 306 g/mol. The number of rotatable bonds is 7. The first kappa shape index (κ1) is 16.4. The third kappa shape index (κ3) is 4.16. The van der Waals surface area contributed by atoms with Crippen molar-refractivity contribution >= 4 is 23.4 Å². The average Bonchev–Trinajstić information content (AvgIpc) is 2.38. The van der Waals surface area contributed by atoms with E-state index in [1.807, 2.05) is 0 Å². The number of carbonyl (C=O) groups is 2. The predicted molar refractivity (Wildman–Crippen MR) is 68.7 cm³/mol. The standard InChI is InChI=1S/C13H13ClF2O4/c1-2-19-12(18)9-5-3-4-8(10(17)6-7-14)11(9)20-13(15)16/h3-5,13H,2,6-7H2,1H3. The highest BCUT2D eigenvalue weighted by atomic mass is 35.5. The maximum Gasteiger partial charge on any atom is 0.387 e. The molecule has 0 aliphatic heterocycles. The molecule has 0 aliphatic carbocycles. The summed E-state index contributed by atoms with van der Waals surface area (Å²) in [6.07, 6.45) is -0.0482. The molecule has 0 spiro atoms. The number of hydrogen-bond acceptors (Lipinski definition) is 4. The first-order valence-corrected chi connectivity index (χ1v) is 6.38. The lowest BCUT2D eigenvalue weighted by Gasteiger charge is -2.13. The first-order valence-electron chi connectivity index (χ1n) is 5.85. The zero-order chi connectivity index (χ0) is 15.1. The number of hydrogen-bond donors (Lipinski definition) is 0. The fraction of sp³-hybridized carbons (Fsp3) is 0.385. The Morgan fingerprint density at radius 2 is 1.95 bits per heavy atom. The SMILES string of the molecule is CCOC(=O)c1cccc(C(=O)CCCl)c1OC(F)F. The number of alkyl halides is 3. The fourth-order valence-corrected chi connectivity index (χ4v) is 1.73. The van der Waals surface area contributed by atoms with E-state index < -0.39 is 24.1 Å². The number of ketones is 1. The second kappa shape index (κ2) is 7.79. The number of carbonyl (C=O) groups excluding carboxylic acids is 2. The number of ether oxygens (including phenoxy) is 2. The van der Waals surface area contributed by atoms with Crippen molar-refractivity contribution in [2.45, 2.75) is 20.0 Å². The van der Waals surface area contributed by atoms with E-state index in [-0.39, 0.29) is 30.0 Å². The summed E-state index contributed by atoms with van der Waals surface area (Å²) in [7, 11) is 0. The van der Waals surface area contributed by atoms with Gasteiger partial charge < -0.3 is 9.47 Å². The molecule has 0 aromatic heterocycles.